The molecule has 1 aromatic carbocycles. The predicted molar refractivity (Wildman–Crippen MR) is 138 cm³/mol. The quantitative estimate of drug-likeness (QED) is 0.288. The van der Waals surface area contributed by atoms with E-state index in [-0.39, 0.29) is 18.9 Å². The van der Waals surface area contributed by atoms with Crippen molar-refractivity contribution >= 4 is 30.6 Å². The lowest BCUT2D eigenvalue weighted by Crippen LogP contribution is -2.63. The fraction of sp³-hybridized carbons (Fsp3) is 0.520. The van der Waals surface area contributed by atoms with E-state index in [1.165, 1.54) is 0 Å². The molecule has 4 rings (SSSR count). The Morgan fingerprint density at radius 2 is 1.86 bits per heavy atom. The van der Waals surface area contributed by atoms with Crippen molar-refractivity contribution in [2.45, 2.75) is 44.4 Å². The molecule has 1 aliphatic carbocycles. The van der Waals surface area contributed by atoms with Crippen LogP contribution in [0.3, 0.4) is 0 Å². The number of nitrogens with one attached hydrogen (secondary N) is 1. The van der Waals surface area contributed by atoms with Gasteiger partial charge in [-0.15, -0.1) is 0 Å². The third kappa shape index (κ3) is 7.81. The van der Waals surface area contributed by atoms with Crippen LogP contribution in [0.15, 0.2) is 49.1 Å². The molecule has 0 radical (unpaired) electrons. The van der Waals surface area contributed by atoms with E-state index in [1.807, 2.05) is 52.9 Å². The number of amides is 1. The number of aromatic nitrogens is 2. The van der Waals surface area contributed by atoms with Crippen molar-refractivity contribution < 1.29 is 29.7 Å². The largest absolute Gasteiger partial charge is 0.483 e. The summed E-state index contributed by atoms with van der Waals surface area (Å²) in [6, 6.07) is 10.0. The van der Waals surface area contributed by atoms with Gasteiger partial charge in [-0.3, -0.25) is 19.3 Å². The highest BCUT2D eigenvalue weighted by Gasteiger charge is 2.54. The van der Waals surface area contributed by atoms with Crippen LogP contribution in [0, 0.1) is 5.41 Å². The normalized spacial score (nSPS) is 22.1. The molecule has 2 atom stereocenters. The third-order valence-corrected chi connectivity index (χ3v) is 7.46. The van der Waals surface area contributed by atoms with Crippen LogP contribution in [-0.4, -0.2) is 85.9 Å². The molecule has 11 heteroatoms. The average Bonchev–Trinajstić information content (AvgIpc) is 3.48. The summed E-state index contributed by atoms with van der Waals surface area (Å²) in [6.45, 7) is 4.72. The van der Waals surface area contributed by atoms with Crippen LogP contribution in [0.1, 0.15) is 31.7 Å². The minimum atomic E-state index is -0.739. The van der Waals surface area contributed by atoms with E-state index in [0.717, 1.165) is 43.0 Å². The summed E-state index contributed by atoms with van der Waals surface area (Å²) in [4.78, 5) is 36.6. The number of hydrogen-bond donors (Lipinski definition) is 4. The lowest BCUT2D eigenvalue weighted by molar-refractivity contribution is -0.133. The maximum atomic E-state index is 13.5. The number of aliphatic hydroxyl groups excluding tert-OH is 1. The van der Waals surface area contributed by atoms with Gasteiger partial charge in [0.05, 0.1) is 23.4 Å². The predicted octanol–water partition coefficient (Wildman–Crippen LogP) is 1.90. The van der Waals surface area contributed by atoms with E-state index in [1.54, 1.807) is 12.5 Å². The number of imidazole rings is 1. The Labute approximate surface area is 215 Å². The van der Waals surface area contributed by atoms with Gasteiger partial charge < -0.3 is 25.2 Å². The topological polar surface area (TPSA) is 145 Å². The number of piperidine rings is 1. The highest BCUT2D eigenvalue weighted by molar-refractivity contribution is 7.99. The van der Waals surface area contributed by atoms with Gasteiger partial charge in [-0.05, 0) is 30.6 Å². The van der Waals surface area contributed by atoms with Crippen molar-refractivity contribution in [1.29, 1.82) is 0 Å². The molecule has 36 heavy (non-hydrogen) atoms. The highest BCUT2D eigenvalue weighted by Crippen LogP contribution is 2.48. The fourth-order valence-electron chi connectivity index (χ4n) is 4.50. The van der Waals surface area contributed by atoms with Crippen LogP contribution < -0.4 is 5.32 Å². The smallest absolute Gasteiger partial charge is 0.290 e. The van der Waals surface area contributed by atoms with Gasteiger partial charge in [0.25, 0.3) is 12.9 Å². The standard InChI is InChI=1S/C23H32N4O2S.2CH2O2/c1-2-30-15-14-26-12-10-23(20(28)16-26,19-6-4-3-5-7-19)25-21(29)22(8-9-22)17-27-13-11-24-18-27;2*2-1-3/h3-7,11,13,18,20,28H,2,8-10,12,14-17H2,1H3,(H,25,29);2*1H,(H,2,3)/t20-,23-;;/m1../s1. The Morgan fingerprint density at radius 1 is 1.19 bits per heavy atom. The summed E-state index contributed by atoms with van der Waals surface area (Å²) in [6.07, 6.45) is 7.23. The number of benzene rings is 1. The molecular weight excluding hydrogens is 484 g/mol. The van der Waals surface area contributed by atoms with E-state index in [0.29, 0.717) is 19.5 Å². The maximum Gasteiger partial charge on any atom is 0.290 e. The second-order valence-corrected chi connectivity index (χ2v) is 10.2. The first-order valence-corrected chi connectivity index (χ1v) is 13.0. The van der Waals surface area contributed by atoms with Crippen LogP contribution in [0.5, 0.6) is 0 Å². The van der Waals surface area contributed by atoms with E-state index < -0.39 is 17.1 Å². The van der Waals surface area contributed by atoms with Gasteiger partial charge >= 0.3 is 0 Å². The summed E-state index contributed by atoms with van der Waals surface area (Å²) in [5, 5.41) is 28.4. The van der Waals surface area contributed by atoms with Crippen molar-refractivity contribution in [3.8, 4) is 0 Å². The van der Waals surface area contributed by atoms with Gasteiger partial charge in [-0.25, -0.2) is 4.98 Å². The summed E-state index contributed by atoms with van der Waals surface area (Å²) in [5.41, 5.74) is -0.138. The Kier molecular flexibility index (Phi) is 11.9. The number of hydrogen-bond acceptors (Lipinski definition) is 7. The second kappa shape index (κ2) is 14.6. The molecular formula is C25H36N4O6S. The molecule has 2 fully saturated rings. The van der Waals surface area contributed by atoms with Crippen LogP contribution >= 0.6 is 11.8 Å². The number of carbonyl (C=O) groups is 3. The van der Waals surface area contributed by atoms with Crippen molar-refractivity contribution in [2.75, 3.05) is 31.1 Å². The number of carboxylic acid groups (broad SMARTS) is 2. The molecule has 2 aromatic rings. The van der Waals surface area contributed by atoms with Gasteiger partial charge in [0.15, 0.2) is 0 Å². The van der Waals surface area contributed by atoms with Gasteiger partial charge in [-0.1, -0.05) is 37.3 Å². The van der Waals surface area contributed by atoms with Crippen LogP contribution in [0.2, 0.25) is 0 Å². The molecule has 198 valence electrons. The SMILES string of the molecule is CCSCCN1CC[C@@](NC(=O)C2(Cn3ccnc3)CC2)(c2ccccc2)[C@H](O)C1.O=CO.O=CO. The molecule has 1 aromatic heterocycles. The van der Waals surface area contributed by atoms with Crippen LogP contribution in [0.25, 0.3) is 0 Å². The number of likely N-dealkylation sites (tertiary alicyclic amines) is 1. The number of carbonyl (C=O) groups excluding carboxylic acids is 1. The van der Waals surface area contributed by atoms with E-state index >= 15 is 0 Å². The van der Waals surface area contributed by atoms with Crippen LogP contribution in [-0.2, 0) is 26.5 Å². The van der Waals surface area contributed by atoms with Crippen molar-refractivity contribution in [2.24, 2.45) is 5.41 Å². The summed E-state index contributed by atoms with van der Waals surface area (Å²) in [5.74, 6) is 2.23. The zero-order valence-electron chi connectivity index (χ0n) is 20.5. The first-order valence-electron chi connectivity index (χ1n) is 11.9. The number of aliphatic hydroxyl groups is 1. The Balaban J connectivity index is 0.000000693. The molecule has 1 saturated heterocycles. The molecule has 0 unspecified atom stereocenters. The average molecular weight is 521 g/mol. The summed E-state index contributed by atoms with van der Waals surface area (Å²) >= 11 is 1.92. The second-order valence-electron chi connectivity index (χ2n) is 8.78. The van der Waals surface area contributed by atoms with Crippen molar-refractivity contribution in [3.05, 3.63) is 54.6 Å². The Bertz CT molecular complexity index is 920. The number of thioether (sulfide) groups is 1. The Morgan fingerprint density at radius 3 is 2.39 bits per heavy atom. The first-order chi connectivity index (χ1) is 17.4. The van der Waals surface area contributed by atoms with Crippen molar-refractivity contribution in [1.82, 2.24) is 19.8 Å². The van der Waals surface area contributed by atoms with Gasteiger partial charge in [0.1, 0.15) is 0 Å². The lowest BCUT2D eigenvalue weighted by Gasteiger charge is -2.47. The minimum Gasteiger partial charge on any atom is -0.483 e. The van der Waals surface area contributed by atoms with Gasteiger partial charge in [-0.2, -0.15) is 11.8 Å². The van der Waals surface area contributed by atoms with Gasteiger partial charge in [0, 0.05) is 44.3 Å². The third-order valence-electron chi connectivity index (χ3n) is 6.58. The van der Waals surface area contributed by atoms with E-state index in [9.17, 15) is 9.90 Å². The van der Waals surface area contributed by atoms with Crippen molar-refractivity contribution in [3.63, 3.8) is 0 Å². The molecule has 2 heterocycles. The zero-order chi connectivity index (χ0) is 26.4. The first kappa shape index (κ1) is 29.3. The summed E-state index contributed by atoms with van der Waals surface area (Å²) < 4.78 is 1.98. The van der Waals surface area contributed by atoms with Gasteiger partial charge in [0.2, 0.25) is 5.91 Å². The zero-order valence-corrected chi connectivity index (χ0v) is 21.3. The molecule has 1 saturated carbocycles. The maximum absolute atomic E-state index is 13.5. The lowest BCUT2D eigenvalue weighted by atomic mass is 9.78. The molecule has 2 aliphatic rings. The molecule has 4 N–H and O–H groups in total. The van der Waals surface area contributed by atoms with E-state index in [4.69, 9.17) is 19.8 Å². The molecule has 0 bridgehead atoms. The Hall–Kier alpha value is -2.89. The summed E-state index contributed by atoms with van der Waals surface area (Å²) in [7, 11) is 0. The minimum absolute atomic E-state index is 0.0501. The molecule has 1 aliphatic heterocycles. The monoisotopic (exact) mass is 520 g/mol. The van der Waals surface area contributed by atoms with E-state index in [2.05, 4.69) is 22.1 Å². The fourth-order valence-corrected chi connectivity index (χ4v) is 5.17. The number of β-amino-alcohol motifs (C(OH)–C–C–N with tert-alkyl or cyclic N) is 1. The van der Waals surface area contributed by atoms with Crippen LogP contribution in [0.4, 0.5) is 0 Å². The number of rotatable bonds is 9. The molecule has 10 nitrogen and oxygen atoms in total. The molecule has 1 amide bonds. The number of nitrogens with zero attached hydrogens (tertiary/aromatic N) is 3. The highest BCUT2D eigenvalue weighted by atomic mass is 32.2. The molecule has 0 spiro atoms.